The van der Waals surface area contributed by atoms with Gasteiger partial charge in [0.25, 0.3) is 0 Å². The van der Waals surface area contributed by atoms with Crippen molar-refractivity contribution in [1.29, 1.82) is 0 Å². The van der Waals surface area contributed by atoms with Gasteiger partial charge in [0.05, 0.1) is 29.2 Å². The van der Waals surface area contributed by atoms with Crippen molar-refractivity contribution in [3.63, 3.8) is 0 Å². The van der Waals surface area contributed by atoms with Crippen molar-refractivity contribution in [2.75, 3.05) is 11.9 Å². The standard InChI is InChI=1S/C49H48ClFN6O2S/c1-2-3-4-5-15-28-59-48(58)40-32-24-26-33(27-25-32)42(40)54-46-41(51)44(38-23-16-29-60-38)55-45(56-46)37-31-57(47-43(37)53-39(50)30-52-47)49(34-17-9-6-10-18-34,35-19-11-7-12-20-35)36-21-13-8-14-22-36/h6-14,16-23,29-33,40,42H,2-5,15,24-28H2,1H3,(H,54,55,56)/t32?,33?,40-,42-/m1/s1. The second-order valence-electron chi connectivity index (χ2n) is 16.1. The van der Waals surface area contributed by atoms with Crippen molar-refractivity contribution in [1.82, 2.24) is 24.5 Å². The molecule has 0 amide bonds. The number of hydrogen-bond donors (Lipinski definition) is 1. The fourth-order valence-electron chi connectivity index (χ4n) is 9.71. The van der Waals surface area contributed by atoms with Gasteiger partial charge in [-0.1, -0.05) is 141 Å². The van der Waals surface area contributed by atoms with Crippen LogP contribution < -0.4 is 5.32 Å². The quantitative estimate of drug-likeness (QED) is 0.0624. The number of unbranched alkanes of at least 4 members (excludes halogenated alkanes) is 4. The van der Waals surface area contributed by atoms with Gasteiger partial charge >= 0.3 is 5.97 Å². The minimum atomic E-state index is -0.939. The van der Waals surface area contributed by atoms with Gasteiger partial charge in [-0.3, -0.25) is 4.79 Å². The average Bonchev–Trinajstić information content (AvgIpc) is 3.97. The first-order valence-electron chi connectivity index (χ1n) is 21.2. The van der Waals surface area contributed by atoms with E-state index in [9.17, 15) is 4.79 Å². The van der Waals surface area contributed by atoms with E-state index >= 15 is 4.39 Å². The molecule has 0 aliphatic heterocycles. The summed E-state index contributed by atoms with van der Waals surface area (Å²) in [6, 6.07) is 34.3. The van der Waals surface area contributed by atoms with E-state index in [0.29, 0.717) is 28.2 Å². The molecule has 4 heterocycles. The summed E-state index contributed by atoms with van der Waals surface area (Å²) in [6.45, 7) is 2.59. The number of nitrogens with zero attached hydrogens (tertiary/aromatic N) is 5. The zero-order valence-electron chi connectivity index (χ0n) is 33.6. The average molecular weight is 839 g/mol. The first-order chi connectivity index (χ1) is 29.5. The van der Waals surface area contributed by atoms with Crippen molar-refractivity contribution in [2.45, 2.75) is 76.3 Å². The van der Waals surface area contributed by atoms with Crippen molar-refractivity contribution >= 4 is 45.9 Å². The Bertz CT molecular complexity index is 2450. The zero-order chi connectivity index (χ0) is 41.1. The van der Waals surface area contributed by atoms with E-state index in [-0.39, 0.29) is 46.3 Å². The summed E-state index contributed by atoms with van der Waals surface area (Å²) in [5.74, 6) is -0.504. The molecule has 3 aliphatic carbocycles. The highest BCUT2D eigenvalue weighted by molar-refractivity contribution is 7.13. The molecule has 1 N–H and O–H groups in total. The normalized spacial score (nSPS) is 18.8. The Kier molecular flexibility index (Phi) is 11.8. The summed E-state index contributed by atoms with van der Waals surface area (Å²) in [5, 5.41) is 5.63. The van der Waals surface area contributed by atoms with Crippen LogP contribution in [0.4, 0.5) is 10.2 Å². The van der Waals surface area contributed by atoms with Crippen LogP contribution in [-0.2, 0) is 15.1 Å². The third-order valence-electron chi connectivity index (χ3n) is 12.5. The summed E-state index contributed by atoms with van der Waals surface area (Å²) >= 11 is 8.07. The van der Waals surface area contributed by atoms with Gasteiger partial charge in [-0.2, -0.15) is 0 Å². The molecule has 7 aromatic rings. The van der Waals surface area contributed by atoms with Crippen LogP contribution in [0.3, 0.4) is 0 Å². The number of hydrogen-bond acceptors (Lipinski definition) is 8. The van der Waals surface area contributed by atoms with Crippen LogP contribution in [0.25, 0.3) is 33.1 Å². The molecular formula is C49H48ClFN6O2S. The molecule has 3 aliphatic rings. The molecule has 11 heteroatoms. The maximum absolute atomic E-state index is 17.1. The lowest BCUT2D eigenvalue weighted by atomic mass is 9.61. The summed E-state index contributed by atoms with van der Waals surface area (Å²) < 4.78 is 25.2. The molecule has 2 bridgehead atoms. The molecule has 4 aromatic heterocycles. The Labute approximate surface area is 359 Å². The van der Waals surface area contributed by atoms with Crippen molar-refractivity contribution in [3.05, 3.63) is 149 Å². The second kappa shape index (κ2) is 17.6. The lowest BCUT2D eigenvalue weighted by molar-refractivity contribution is -0.155. The minimum Gasteiger partial charge on any atom is -0.465 e. The maximum Gasteiger partial charge on any atom is 0.311 e. The topological polar surface area (TPSA) is 94.8 Å². The Morgan fingerprint density at radius 2 is 1.47 bits per heavy atom. The summed E-state index contributed by atoms with van der Waals surface area (Å²) in [7, 11) is 0. The molecule has 306 valence electrons. The summed E-state index contributed by atoms with van der Waals surface area (Å²) in [6.07, 6.45) is 12.7. The first kappa shape index (κ1) is 40.0. The van der Waals surface area contributed by atoms with Crippen LogP contribution in [0.1, 0.15) is 81.4 Å². The van der Waals surface area contributed by atoms with Gasteiger partial charge in [-0.15, -0.1) is 11.3 Å². The van der Waals surface area contributed by atoms with E-state index < -0.39 is 17.3 Å². The predicted molar refractivity (Wildman–Crippen MR) is 238 cm³/mol. The highest BCUT2D eigenvalue weighted by atomic mass is 35.5. The number of aromatic nitrogens is 5. The monoisotopic (exact) mass is 838 g/mol. The molecule has 3 fully saturated rings. The van der Waals surface area contributed by atoms with Crippen LogP contribution in [-0.4, -0.2) is 43.1 Å². The third kappa shape index (κ3) is 7.49. The van der Waals surface area contributed by atoms with E-state index in [1.807, 2.05) is 78.3 Å². The molecule has 0 spiro atoms. The number of rotatable bonds is 15. The first-order valence-corrected chi connectivity index (χ1v) is 22.5. The number of carbonyl (C=O) groups is 1. The van der Waals surface area contributed by atoms with Gasteiger partial charge in [-0.25, -0.2) is 24.3 Å². The molecule has 2 atom stereocenters. The van der Waals surface area contributed by atoms with E-state index in [2.05, 4.69) is 53.2 Å². The molecule has 3 aromatic carbocycles. The minimum absolute atomic E-state index is 0.0506. The largest absolute Gasteiger partial charge is 0.465 e. The molecule has 0 unspecified atom stereocenters. The van der Waals surface area contributed by atoms with Crippen molar-refractivity contribution < 1.29 is 13.9 Å². The van der Waals surface area contributed by atoms with Crippen LogP contribution in [0.2, 0.25) is 5.15 Å². The Morgan fingerprint density at radius 1 is 0.833 bits per heavy atom. The highest BCUT2D eigenvalue weighted by Gasteiger charge is 2.48. The lowest BCUT2D eigenvalue weighted by Crippen LogP contribution is -2.52. The van der Waals surface area contributed by atoms with E-state index in [1.54, 1.807) is 6.20 Å². The number of halogens is 2. The van der Waals surface area contributed by atoms with Crippen LogP contribution in [0, 0.1) is 23.6 Å². The smallest absolute Gasteiger partial charge is 0.311 e. The number of ether oxygens (including phenoxy) is 1. The van der Waals surface area contributed by atoms with Gasteiger partial charge in [0.15, 0.2) is 23.1 Å². The van der Waals surface area contributed by atoms with Crippen LogP contribution in [0.5, 0.6) is 0 Å². The number of carbonyl (C=O) groups excluding carboxylic acids is 1. The molecule has 10 rings (SSSR count). The number of fused-ring (bicyclic) bond motifs is 4. The second-order valence-corrected chi connectivity index (χ2v) is 17.4. The van der Waals surface area contributed by atoms with Gasteiger partial charge < -0.3 is 14.6 Å². The van der Waals surface area contributed by atoms with Gasteiger partial charge in [0, 0.05) is 12.2 Å². The highest BCUT2D eigenvalue weighted by Crippen LogP contribution is 2.48. The number of thiophene rings is 1. The van der Waals surface area contributed by atoms with E-state index in [0.717, 1.165) is 68.1 Å². The molecule has 0 radical (unpaired) electrons. The number of anilines is 1. The predicted octanol–water partition coefficient (Wildman–Crippen LogP) is 12.0. The third-order valence-corrected chi connectivity index (χ3v) is 13.6. The van der Waals surface area contributed by atoms with Crippen molar-refractivity contribution in [3.8, 4) is 22.0 Å². The summed E-state index contributed by atoms with van der Waals surface area (Å²) in [4.78, 5) is 34.4. The maximum atomic E-state index is 17.1. The Hall–Kier alpha value is -5.45. The molecule has 0 saturated heterocycles. The lowest BCUT2D eigenvalue weighted by Gasteiger charge is -2.47. The number of nitrogens with one attached hydrogen (secondary N) is 1. The summed E-state index contributed by atoms with van der Waals surface area (Å²) in [5.41, 5.74) is 3.78. The fraction of sp³-hybridized carbons (Fsp3) is 0.327. The molecule has 60 heavy (non-hydrogen) atoms. The number of benzene rings is 3. The van der Waals surface area contributed by atoms with Gasteiger partial charge in [0.2, 0.25) is 0 Å². The molecule has 3 saturated carbocycles. The Morgan fingerprint density at radius 3 is 2.08 bits per heavy atom. The fourth-order valence-corrected chi connectivity index (χ4v) is 10.6. The van der Waals surface area contributed by atoms with E-state index in [1.165, 1.54) is 17.8 Å². The Balaban J connectivity index is 1.20. The van der Waals surface area contributed by atoms with Gasteiger partial charge in [-0.05, 0) is 72.1 Å². The van der Waals surface area contributed by atoms with Crippen molar-refractivity contribution in [2.24, 2.45) is 17.8 Å². The SMILES string of the molecule is CCCCCCCOC(=O)[C@@H]1C2CCC(CC2)[C@H]1Nc1nc(-c2cn(C(c3ccccc3)(c3ccccc3)c3ccccc3)c3ncc(Cl)nc23)nc(-c2cccs2)c1F. The number of esters is 1. The molecular weight excluding hydrogens is 791 g/mol. The van der Waals surface area contributed by atoms with Gasteiger partial charge in [0.1, 0.15) is 21.9 Å². The molecule has 8 nitrogen and oxygen atoms in total. The van der Waals surface area contributed by atoms with E-state index in [4.69, 9.17) is 36.3 Å². The zero-order valence-corrected chi connectivity index (χ0v) is 35.2. The van der Waals surface area contributed by atoms with Crippen LogP contribution >= 0.6 is 22.9 Å². The van der Waals surface area contributed by atoms with Crippen LogP contribution in [0.15, 0.2) is 121 Å².